The molecule has 0 aliphatic heterocycles. The summed E-state index contributed by atoms with van der Waals surface area (Å²) in [5.74, 6) is 0.327. The molecule has 1 aromatic heterocycles. The van der Waals surface area contributed by atoms with Crippen molar-refractivity contribution in [2.75, 3.05) is 7.11 Å². The molecule has 0 unspecified atom stereocenters. The monoisotopic (exact) mass is 249 g/mol. The van der Waals surface area contributed by atoms with E-state index < -0.39 is 0 Å². The predicted octanol–water partition coefficient (Wildman–Crippen LogP) is 4.12. The fourth-order valence-corrected chi connectivity index (χ4v) is 2.32. The Kier molecular flexibility index (Phi) is 2.23. The number of aromatic amines is 1. The summed E-state index contributed by atoms with van der Waals surface area (Å²) in [6.45, 7) is 0. The van der Waals surface area contributed by atoms with E-state index in [0.717, 1.165) is 21.8 Å². The van der Waals surface area contributed by atoms with Crippen molar-refractivity contribution in [2.45, 2.75) is 0 Å². The zero-order chi connectivity index (χ0) is 12.0. The molecule has 1 N–H and O–H groups in total. The molecule has 0 aliphatic carbocycles. The molecule has 2 nitrogen and oxygen atoms in total. The van der Waals surface area contributed by atoms with Crippen molar-refractivity contribution >= 4 is 33.4 Å². The lowest BCUT2D eigenvalue weighted by molar-refractivity contribution is 0.419. The molecule has 3 aromatic rings. The number of fused-ring (bicyclic) bond motifs is 3. The largest absolute Gasteiger partial charge is 0.493 e. The van der Waals surface area contributed by atoms with E-state index in [1.54, 1.807) is 19.2 Å². The second kappa shape index (κ2) is 3.64. The van der Waals surface area contributed by atoms with Crippen molar-refractivity contribution in [1.82, 2.24) is 4.98 Å². The summed E-state index contributed by atoms with van der Waals surface area (Å²) in [6.07, 6.45) is 0. The van der Waals surface area contributed by atoms with Crippen molar-refractivity contribution in [3.05, 3.63) is 41.2 Å². The van der Waals surface area contributed by atoms with Gasteiger partial charge in [-0.15, -0.1) is 0 Å². The molecule has 0 amide bonds. The molecule has 2 aromatic carbocycles. The average molecular weight is 250 g/mol. The summed E-state index contributed by atoms with van der Waals surface area (Å²) in [6, 6.07) is 8.24. The quantitative estimate of drug-likeness (QED) is 0.689. The fourth-order valence-electron chi connectivity index (χ4n) is 2.09. The summed E-state index contributed by atoms with van der Waals surface area (Å²) in [5.41, 5.74) is 1.66. The fraction of sp³-hybridized carbons (Fsp3) is 0.0769. The first-order valence-electron chi connectivity index (χ1n) is 5.14. The molecule has 3 rings (SSSR count). The Morgan fingerprint density at radius 1 is 1.18 bits per heavy atom. The van der Waals surface area contributed by atoms with Gasteiger partial charge in [0.25, 0.3) is 0 Å². The van der Waals surface area contributed by atoms with E-state index in [-0.39, 0.29) is 5.82 Å². The molecule has 86 valence electrons. The summed E-state index contributed by atoms with van der Waals surface area (Å²) in [7, 11) is 1.56. The first-order valence-corrected chi connectivity index (χ1v) is 5.52. The molecule has 0 radical (unpaired) electrons. The molecule has 0 spiro atoms. The zero-order valence-electron chi connectivity index (χ0n) is 9.05. The second-order valence-corrected chi connectivity index (χ2v) is 4.23. The number of halogens is 2. The summed E-state index contributed by atoms with van der Waals surface area (Å²) in [4.78, 5) is 3.19. The van der Waals surface area contributed by atoms with Gasteiger partial charge >= 0.3 is 0 Å². The number of nitrogens with one attached hydrogen (secondary N) is 1. The van der Waals surface area contributed by atoms with Gasteiger partial charge in [-0.2, -0.15) is 0 Å². The van der Waals surface area contributed by atoms with Crippen molar-refractivity contribution in [3.8, 4) is 5.75 Å². The van der Waals surface area contributed by atoms with Crippen LogP contribution >= 0.6 is 11.6 Å². The van der Waals surface area contributed by atoms with Crippen molar-refractivity contribution in [2.24, 2.45) is 0 Å². The van der Waals surface area contributed by atoms with Gasteiger partial charge in [-0.1, -0.05) is 17.7 Å². The maximum absolute atomic E-state index is 13.2. The zero-order valence-corrected chi connectivity index (χ0v) is 9.81. The van der Waals surface area contributed by atoms with Crippen LogP contribution in [0.4, 0.5) is 4.39 Å². The van der Waals surface area contributed by atoms with Crippen LogP contribution in [0.15, 0.2) is 30.3 Å². The Bertz CT molecular complexity index is 720. The van der Waals surface area contributed by atoms with Crippen LogP contribution in [-0.2, 0) is 0 Å². The van der Waals surface area contributed by atoms with Gasteiger partial charge in [-0.3, -0.25) is 0 Å². The van der Waals surface area contributed by atoms with Crippen LogP contribution in [-0.4, -0.2) is 12.1 Å². The van der Waals surface area contributed by atoms with E-state index in [1.807, 2.05) is 6.07 Å². The lowest BCUT2D eigenvalue weighted by Gasteiger charge is -2.03. The highest BCUT2D eigenvalue weighted by atomic mass is 35.5. The summed E-state index contributed by atoms with van der Waals surface area (Å²) < 4.78 is 18.5. The number of ether oxygens (including phenoxy) is 1. The van der Waals surface area contributed by atoms with Crippen LogP contribution in [0.3, 0.4) is 0 Å². The SMILES string of the molecule is COc1c(Cl)ccc2c1[nH]c1ccc(F)cc12. The van der Waals surface area contributed by atoms with Gasteiger partial charge in [0.05, 0.1) is 17.6 Å². The van der Waals surface area contributed by atoms with Crippen LogP contribution < -0.4 is 4.74 Å². The maximum Gasteiger partial charge on any atom is 0.161 e. The number of benzene rings is 2. The van der Waals surface area contributed by atoms with Gasteiger partial charge in [0.1, 0.15) is 5.82 Å². The first kappa shape index (κ1) is 10.4. The molecule has 1 heterocycles. The molecule has 0 saturated carbocycles. The van der Waals surface area contributed by atoms with E-state index in [4.69, 9.17) is 16.3 Å². The smallest absolute Gasteiger partial charge is 0.161 e. The van der Waals surface area contributed by atoms with E-state index in [9.17, 15) is 4.39 Å². The predicted molar refractivity (Wildman–Crippen MR) is 67.3 cm³/mol. The molecular weight excluding hydrogens is 241 g/mol. The summed E-state index contributed by atoms with van der Waals surface area (Å²) >= 11 is 6.04. The van der Waals surface area contributed by atoms with Gasteiger partial charge in [-0.05, 0) is 24.3 Å². The number of methoxy groups -OCH3 is 1. The minimum absolute atomic E-state index is 0.257. The molecule has 4 heteroatoms. The van der Waals surface area contributed by atoms with E-state index in [0.29, 0.717) is 10.8 Å². The van der Waals surface area contributed by atoms with Crippen LogP contribution in [0, 0.1) is 5.82 Å². The number of hydrogen-bond donors (Lipinski definition) is 1. The maximum atomic E-state index is 13.2. The van der Waals surface area contributed by atoms with Crippen molar-refractivity contribution in [3.63, 3.8) is 0 Å². The van der Waals surface area contributed by atoms with Crippen LogP contribution in [0.1, 0.15) is 0 Å². The third-order valence-corrected chi connectivity index (χ3v) is 3.14. The third kappa shape index (κ3) is 1.46. The van der Waals surface area contributed by atoms with Crippen LogP contribution in [0.25, 0.3) is 21.8 Å². The highest BCUT2D eigenvalue weighted by Gasteiger charge is 2.12. The normalized spacial score (nSPS) is 11.2. The van der Waals surface area contributed by atoms with Crippen LogP contribution in [0.2, 0.25) is 5.02 Å². The average Bonchev–Trinajstić information content (AvgIpc) is 2.67. The Morgan fingerprint density at radius 3 is 2.76 bits per heavy atom. The number of H-pyrrole nitrogens is 1. The molecule has 17 heavy (non-hydrogen) atoms. The molecule has 0 saturated heterocycles. The molecular formula is C13H9ClFNO. The summed E-state index contributed by atoms with van der Waals surface area (Å²) in [5, 5.41) is 2.27. The second-order valence-electron chi connectivity index (χ2n) is 3.82. The standard InChI is InChI=1S/C13H9ClFNO/c1-17-13-10(14)4-3-8-9-6-7(15)2-5-11(9)16-12(8)13/h2-6,16H,1H3. The molecule has 0 aliphatic rings. The number of rotatable bonds is 1. The van der Waals surface area contributed by atoms with Gasteiger partial charge < -0.3 is 9.72 Å². The van der Waals surface area contributed by atoms with Gasteiger partial charge in [0.15, 0.2) is 5.75 Å². The van der Waals surface area contributed by atoms with Gasteiger partial charge in [0.2, 0.25) is 0 Å². The topological polar surface area (TPSA) is 25.0 Å². The van der Waals surface area contributed by atoms with E-state index in [1.165, 1.54) is 12.1 Å². The molecule has 0 fully saturated rings. The Balaban J connectivity index is 2.51. The highest BCUT2D eigenvalue weighted by molar-refractivity contribution is 6.33. The molecule has 0 atom stereocenters. The molecule has 0 bridgehead atoms. The lowest BCUT2D eigenvalue weighted by Crippen LogP contribution is -1.85. The van der Waals surface area contributed by atoms with Gasteiger partial charge in [-0.25, -0.2) is 4.39 Å². The van der Waals surface area contributed by atoms with E-state index >= 15 is 0 Å². The van der Waals surface area contributed by atoms with E-state index in [2.05, 4.69) is 4.98 Å². The first-order chi connectivity index (χ1) is 8.20. The van der Waals surface area contributed by atoms with Crippen LogP contribution in [0.5, 0.6) is 5.75 Å². The Morgan fingerprint density at radius 2 is 2.00 bits per heavy atom. The number of hydrogen-bond acceptors (Lipinski definition) is 1. The Hall–Kier alpha value is -1.74. The van der Waals surface area contributed by atoms with Crippen molar-refractivity contribution in [1.29, 1.82) is 0 Å². The highest BCUT2D eigenvalue weighted by Crippen LogP contribution is 2.36. The Labute approximate surface area is 102 Å². The minimum atomic E-state index is -0.257. The third-order valence-electron chi connectivity index (χ3n) is 2.85. The lowest BCUT2D eigenvalue weighted by atomic mass is 10.1. The van der Waals surface area contributed by atoms with Crippen molar-refractivity contribution < 1.29 is 9.13 Å². The van der Waals surface area contributed by atoms with Gasteiger partial charge in [0, 0.05) is 16.3 Å². The minimum Gasteiger partial charge on any atom is -0.493 e. The number of aromatic nitrogens is 1.